The van der Waals surface area contributed by atoms with Crippen molar-refractivity contribution in [2.75, 3.05) is 36.7 Å². The second-order valence-electron chi connectivity index (χ2n) is 9.26. The molecule has 34 heavy (non-hydrogen) atoms. The lowest BCUT2D eigenvalue weighted by Gasteiger charge is -2.30. The fourth-order valence-electron chi connectivity index (χ4n) is 4.73. The van der Waals surface area contributed by atoms with Crippen molar-refractivity contribution in [2.45, 2.75) is 63.5 Å². The number of anilines is 3. The van der Waals surface area contributed by atoms with Gasteiger partial charge in [-0.3, -0.25) is 0 Å². The maximum absolute atomic E-state index is 12.4. The Morgan fingerprint density at radius 1 is 0.971 bits per heavy atom. The molecule has 1 heterocycles. The third-order valence-electron chi connectivity index (χ3n) is 6.54. The van der Waals surface area contributed by atoms with Crippen LogP contribution < -0.4 is 20.9 Å². The van der Waals surface area contributed by atoms with Gasteiger partial charge in [0.05, 0.1) is 18.4 Å². The number of fused-ring (bicyclic) bond motifs is 1. The largest absolute Gasteiger partial charge is 0.465 e. The molecule has 2 aliphatic carbocycles. The average Bonchev–Trinajstić information content (AvgIpc) is 2.84. The Labute approximate surface area is 200 Å². The van der Waals surface area contributed by atoms with E-state index in [2.05, 4.69) is 20.9 Å². The van der Waals surface area contributed by atoms with Crippen LogP contribution in [0.1, 0.15) is 60.1 Å². The minimum Gasteiger partial charge on any atom is -0.465 e. The average molecular weight is 467 g/mol. The van der Waals surface area contributed by atoms with Gasteiger partial charge in [-0.05, 0) is 75.6 Å². The summed E-state index contributed by atoms with van der Waals surface area (Å²) in [4.78, 5) is 35.7. The number of ether oxygens (including phenoxy) is 1. The molecule has 1 aromatic carbocycles. The Kier molecular flexibility index (Phi) is 7.49. The lowest BCUT2D eigenvalue weighted by atomic mass is 9.91. The predicted octanol–water partition coefficient (Wildman–Crippen LogP) is 3.75. The summed E-state index contributed by atoms with van der Waals surface area (Å²) in [5.41, 5.74) is 3.54. The van der Waals surface area contributed by atoms with Gasteiger partial charge >= 0.3 is 12.0 Å². The minimum absolute atomic E-state index is 0.120. The van der Waals surface area contributed by atoms with E-state index in [4.69, 9.17) is 14.7 Å². The van der Waals surface area contributed by atoms with Gasteiger partial charge in [0.15, 0.2) is 0 Å². The Balaban J connectivity index is 1.27. The third-order valence-corrected chi connectivity index (χ3v) is 6.54. The topological polar surface area (TPSA) is 108 Å². The van der Waals surface area contributed by atoms with Gasteiger partial charge in [-0.15, -0.1) is 0 Å². The van der Waals surface area contributed by atoms with Gasteiger partial charge in [-0.1, -0.05) is 0 Å². The first-order chi connectivity index (χ1) is 16.4. The Bertz CT molecular complexity index is 1020. The first kappa shape index (κ1) is 23.8. The van der Waals surface area contributed by atoms with Crippen molar-refractivity contribution >= 4 is 29.5 Å². The number of hydrogen-bond donors (Lipinski definition) is 3. The van der Waals surface area contributed by atoms with E-state index in [1.165, 1.54) is 31.2 Å². The number of hydrogen-bond acceptors (Lipinski definition) is 7. The number of esters is 1. The molecule has 9 heteroatoms. The van der Waals surface area contributed by atoms with Gasteiger partial charge in [-0.2, -0.15) is 4.98 Å². The van der Waals surface area contributed by atoms with Crippen LogP contribution in [0.3, 0.4) is 0 Å². The first-order valence-corrected chi connectivity index (χ1v) is 12.0. The quantitative estimate of drug-likeness (QED) is 0.556. The molecule has 2 amide bonds. The van der Waals surface area contributed by atoms with Crippen molar-refractivity contribution in [3.63, 3.8) is 0 Å². The second-order valence-corrected chi connectivity index (χ2v) is 9.26. The van der Waals surface area contributed by atoms with Crippen LogP contribution in [0.25, 0.3) is 0 Å². The van der Waals surface area contributed by atoms with E-state index < -0.39 is 5.97 Å². The number of carbonyl (C=O) groups is 2. The summed E-state index contributed by atoms with van der Waals surface area (Å²) in [6.45, 7) is 0. The maximum atomic E-state index is 12.4. The molecule has 0 spiro atoms. The van der Waals surface area contributed by atoms with Crippen LogP contribution in [0.4, 0.5) is 22.2 Å². The lowest BCUT2D eigenvalue weighted by molar-refractivity contribution is 0.0600. The van der Waals surface area contributed by atoms with Gasteiger partial charge in [-0.25, -0.2) is 14.6 Å². The monoisotopic (exact) mass is 466 g/mol. The van der Waals surface area contributed by atoms with E-state index >= 15 is 0 Å². The summed E-state index contributed by atoms with van der Waals surface area (Å²) in [6.07, 6.45) is 8.11. The van der Waals surface area contributed by atoms with Crippen LogP contribution in [0.2, 0.25) is 0 Å². The molecule has 4 rings (SSSR count). The number of urea groups is 1. The summed E-state index contributed by atoms with van der Waals surface area (Å²) in [5, 5.41) is 9.43. The zero-order valence-corrected chi connectivity index (χ0v) is 20.2. The summed E-state index contributed by atoms with van der Waals surface area (Å²) in [6, 6.07) is 6.81. The molecule has 2 aromatic rings. The number of benzene rings is 1. The number of carbonyl (C=O) groups excluding carboxylic acids is 2. The molecule has 2 aliphatic rings. The molecule has 0 saturated heterocycles. The molecule has 9 nitrogen and oxygen atoms in total. The second kappa shape index (κ2) is 10.7. The normalized spacial score (nSPS) is 19.5. The van der Waals surface area contributed by atoms with Crippen LogP contribution in [0.5, 0.6) is 0 Å². The van der Waals surface area contributed by atoms with E-state index in [0.29, 0.717) is 23.2 Å². The van der Waals surface area contributed by atoms with Gasteiger partial charge in [0.2, 0.25) is 5.95 Å². The molecule has 0 aliphatic heterocycles. The number of nitrogens with zero attached hydrogens (tertiary/aromatic N) is 3. The molecule has 1 fully saturated rings. The van der Waals surface area contributed by atoms with E-state index in [1.54, 1.807) is 24.3 Å². The van der Waals surface area contributed by atoms with Gasteiger partial charge in [0.1, 0.15) is 5.82 Å². The highest BCUT2D eigenvalue weighted by atomic mass is 16.5. The zero-order valence-electron chi connectivity index (χ0n) is 20.2. The summed E-state index contributed by atoms with van der Waals surface area (Å²) < 4.78 is 4.69. The molecule has 3 N–H and O–H groups in total. The number of aryl methyl sites for hydroxylation is 1. The minimum atomic E-state index is -0.403. The van der Waals surface area contributed by atoms with Crippen LogP contribution in [0.15, 0.2) is 24.3 Å². The van der Waals surface area contributed by atoms with Crippen LogP contribution in [-0.4, -0.2) is 55.3 Å². The number of nitrogens with one attached hydrogen (secondary N) is 3. The Hall–Kier alpha value is -3.36. The third kappa shape index (κ3) is 5.76. The molecule has 0 bridgehead atoms. The highest BCUT2D eigenvalue weighted by Gasteiger charge is 2.25. The zero-order chi connectivity index (χ0) is 24.1. The number of aromatic nitrogens is 2. The predicted molar refractivity (Wildman–Crippen MR) is 133 cm³/mol. The van der Waals surface area contributed by atoms with Crippen molar-refractivity contribution in [1.82, 2.24) is 15.3 Å². The summed E-state index contributed by atoms with van der Waals surface area (Å²) >= 11 is 0. The van der Waals surface area contributed by atoms with Crippen molar-refractivity contribution in [3.8, 4) is 0 Å². The fraction of sp³-hybridized carbons (Fsp3) is 0.520. The lowest BCUT2D eigenvalue weighted by Crippen LogP contribution is -2.42. The smallest absolute Gasteiger partial charge is 0.337 e. The van der Waals surface area contributed by atoms with E-state index in [9.17, 15) is 9.59 Å². The Morgan fingerprint density at radius 3 is 2.32 bits per heavy atom. The van der Waals surface area contributed by atoms with E-state index in [1.807, 2.05) is 14.1 Å². The molecule has 1 aromatic heterocycles. The summed E-state index contributed by atoms with van der Waals surface area (Å²) in [7, 11) is 5.42. The Morgan fingerprint density at radius 2 is 1.65 bits per heavy atom. The molecule has 1 saturated carbocycles. The fourth-order valence-corrected chi connectivity index (χ4v) is 4.73. The highest BCUT2D eigenvalue weighted by molar-refractivity contribution is 5.92. The molecule has 0 radical (unpaired) electrons. The standard InChI is InChI=1S/C25H34N6O3/c1-31(2)22-20-6-4-5-7-21(20)29-24(30-22)26-17-12-14-19(15-13-17)28-25(33)27-18-10-8-16(9-11-18)23(32)34-3/h8-11,17,19H,4-7,12-15H2,1-3H3,(H,26,29,30)(H2,27,28,33)/t17-,19+. The van der Waals surface area contributed by atoms with Crippen LogP contribution >= 0.6 is 0 Å². The van der Waals surface area contributed by atoms with Crippen LogP contribution in [0, 0.1) is 0 Å². The van der Waals surface area contributed by atoms with Gasteiger partial charge in [0.25, 0.3) is 0 Å². The van der Waals surface area contributed by atoms with E-state index in [-0.39, 0.29) is 12.1 Å². The molecular formula is C25H34N6O3. The number of methoxy groups -OCH3 is 1. The maximum Gasteiger partial charge on any atom is 0.337 e. The van der Waals surface area contributed by atoms with Crippen molar-refractivity contribution in [1.29, 1.82) is 0 Å². The van der Waals surface area contributed by atoms with Gasteiger partial charge in [0, 0.05) is 37.4 Å². The number of amides is 2. The SMILES string of the molecule is COC(=O)c1ccc(NC(=O)N[C@H]2CC[C@@H](Nc3nc4c(c(N(C)C)n3)CCCC4)CC2)cc1. The van der Waals surface area contributed by atoms with Crippen molar-refractivity contribution in [3.05, 3.63) is 41.1 Å². The molecule has 182 valence electrons. The molecule has 0 atom stereocenters. The molecule has 0 unspecified atom stereocenters. The molecular weight excluding hydrogens is 432 g/mol. The van der Waals surface area contributed by atoms with Crippen molar-refractivity contribution in [2.24, 2.45) is 0 Å². The summed E-state index contributed by atoms with van der Waals surface area (Å²) in [5.74, 6) is 1.34. The van der Waals surface area contributed by atoms with Gasteiger partial charge < -0.3 is 25.6 Å². The first-order valence-electron chi connectivity index (χ1n) is 12.0. The highest BCUT2D eigenvalue weighted by Crippen LogP contribution is 2.29. The van der Waals surface area contributed by atoms with Crippen molar-refractivity contribution < 1.29 is 14.3 Å². The van der Waals surface area contributed by atoms with E-state index in [0.717, 1.165) is 44.3 Å². The number of rotatable bonds is 6. The van der Waals surface area contributed by atoms with Crippen LogP contribution in [-0.2, 0) is 17.6 Å².